The highest BCUT2D eigenvalue weighted by molar-refractivity contribution is 7.89. The van der Waals surface area contributed by atoms with E-state index in [2.05, 4.69) is 9.44 Å². The maximum Gasteiger partial charge on any atom is 0.241 e. The van der Waals surface area contributed by atoms with Crippen molar-refractivity contribution in [3.05, 3.63) is 28.3 Å². The summed E-state index contributed by atoms with van der Waals surface area (Å²) in [6.45, 7) is 10.5. The van der Waals surface area contributed by atoms with E-state index in [1.807, 2.05) is 19.9 Å². The first kappa shape index (κ1) is 20.1. The van der Waals surface area contributed by atoms with E-state index in [1.165, 1.54) is 0 Å². The van der Waals surface area contributed by atoms with E-state index < -0.39 is 25.6 Å². The molecule has 0 bridgehead atoms. The quantitative estimate of drug-likeness (QED) is 0.803. The highest BCUT2D eigenvalue weighted by Crippen LogP contribution is 2.26. The Bertz CT molecular complexity index is 784. The molecule has 0 aliphatic heterocycles. The molecule has 0 radical (unpaired) electrons. The summed E-state index contributed by atoms with van der Waals surface area (Å²) in [5, 5.41) is 0. The fourth-order valence-electron chi connectivity index (χ4n) is 2.47. The highest BCUT2D eigenvalue weighted by atomic mass is 32.2. The molecule has 0 heterocycles. The van der Waals surface area contributed by atoms with Gasteiger partial charge in [0.2, 0.25) is 20.0 Å². The molecule has 1 aromatic carbocycles. The zero-order valence-electron chi connectivity index (χ0n) is 14.7. The standard InChI is InChI=1S/C15H26N2O4S2/c1-10-8-11(2)13(4)14(12(10)3)23(20,21)16-9-15(5,6)17-22(7,18)19/h8,16-17H,9H2,1-7H3. The predicted molar refractivity (Wildman–Crippen MR) is 92.6 cm³/mol. The van der Waals surface area contributed by atoms with Crippen molar-refractivity contribution in [3.8, 4) is 0 Å². The lowest BCUT2D eigenvalue weighted by molar-refractivity contribution is 0.445. The summed E-state index contributed by atoms with van der Waals surface area (Å²) in [6, 6.07) is 1.96. The minimum absolute atomic E-state index is 0.0473. The zero-order chi connectivity index (χ0) is 18.2. The third kappa shape index (κ3) is 5.27. The first-order chi connectivity index (χ1) is 10.2. The van der Waals surface area contributed by atoms with Crippen LogP contribution in [0.15, 0.2) is 11.0 Å². The van der Waals surface area contributed by atoms with Gasteiger partial charge in [-0.15, -0.1) is 0 Å². The average molecular weight is 363 g/mol. The second-order valence-electron chi connectivity index (χ2n) is 6.67. The highest BCUT2D eigenvalue weighted by Gasteiger charge is 2.27. The van der Waals surface area contributed by atoms with Gasteiger partial charge in [0, 0.05) is 12.1 Å². The van der Waals surface area contributed by atoms with Crippen molar-refractivity contribution in [2.75, 3.05) is 12.8 Å². The molecule has 1 rings (SSSR count). The Labute approximate surface area is 139 Å². The molecule has 0 saturated carbocycles. The smallest absolute Gasteiger partial charge is 0.213 e. The van der Waals surface area contributed by atoms with Crippen molar-refractivity contribution in [2.24, 2.45) is 0 Å². The van der Waals surface area contributed by atoms with Crippen LogP contribution in [0.2, 0.25) is 0 Å². The molecule has 6 nitrogen and oxygen atoms in total. The van der Waals surface area contributed by atoms with E-state index in [4.69, 9.17) is 0 Å². The number of nitrogens with one attached hydrogen (secondary N) is 2. The van der Waals surface area contributed by atoms with Gasteiger partial charge in [-0.05, 0) is 63.8 Å². The SMILES string of the molecule is Cc1cc(C)c(C)c(S(=O)(=O)NCC(C)(C)NS(C)(=O)=O)c1C. The first-order valence-corrected chi connectivity index (χ1v) is 10.6. The molecule has 2 N–H and O–H groups in total. The lowest BCUT2D eigenvalue weighted by Crippen LogP contribution is -2.51. The Hall–Kier alpha value is -0.960. The fraction of sp³-hybridized carbons (Fsp3) is 0.600. The largest absolute Gasteiger partial charge is 0.241 e. The molecule has 0 spiro atoms. The minimum Gasteiger partial charge on any atom is -0.213 e. The number of aryl methyl sites for hydroxylation is 2. The maximum atomic E-state index is 12.7. The van der Waals surface area contributed by atoms with Crippen molar-refractivity contribution < 1.29 is 16.8 Å². The Morgan fingerprint density at radius 3 is 1.78 bits per heavy atom. The monoisotopic (exact) mass is 362 g/mol. The molecule has 0 unspecified atom stereocenters. The van der Waals surface area contributed by atoms with E-state index in [0.717, 1.165) is 17.4 Å². The van der Waals surface area contributed by atoms with Crippen LogP contribution in [0.3, 0.4) is 0 Å². The van der Waals surface area contributed by atoms with Gasteiger partial charge in [-0.2, -0.15) is 0 Å². The van der Waals surface area contributed by atoms with E-state index in [0.29, 0.717) is 11.1 Å². The molecule has 8 heteroatoms. The van der Waals surface area contributed by atoms with Crippen molar-refractivity contribution in [2.45, 2.75) is 52.0 Å². The minimum atomic E-state index is -3.74. The molecule has 1 aromatic rings. The third-order valence-electron chi connectivity index (χ3n) is 3.73. The lowest BCUT2D eigenvalue weighted by atomic mass is 10.0. The Balaban J connectivity index is 3.16. The van der Waals surface area contributed by atoms with Crippen LogP contribution in [0.4, 0.5) is 0 Å². The van der Waals surface area contributed by atoms with Crippen LogP contribution in [-0.2, 0) is 20.0 Å². The summed E-state index contributed by atoms with van der Waals surface area (Å²) < 4.78 is 53.0. The summed E-state index contributed by atoms with van der Waals surface area (Å²) in [5.41, 5.74) is 2.29. The zero-order valence-corrected chi connectivity index (χ0v) is 16.4. The topological polar surface area (TPSA) is 92.3 Å². The number of hydrogen-bond acceptors (Lipinski definition) is 4. The molecular formula is C15H26N2O4S2. The molecule has 132 valence electrons. The van der Waals surface area contributed by atoms with Gasteiger partial charge in [-0.1, -0.05) is 6.07 Å². The molecular weight excluding hydrogens is 336 g/mol. The Morgan fingerprint density at radius 1 is 0.957 bits per heavy atom. The normalized spacial score (nSPS) is 13.3. The van der Waals surface area contributed by atoms with Crippen LogP contribution in [0.25, 0.3) is 0 Å². The van der Waals surface area contributed by atoms with Crippen LogP contribution < -0.4 is 9.44 Å². The average Bonchev–Trinajstić information content (AvgIpc) is 2.31. The van der Waals surface area contributed by atoms with Crippen LogP contribution in [0, 0.1) is 27.7 Å². The Kier molecular flexibility index (Phi) is 5.68. The van der Waals surface area contributed by atoms with Gasteiger partial charge in [-0.25, -0.2) is 26.3 Å². The summed E-state index contributed by atoms with van der Waals surface area (Å²) in [4.78, 5) is 0.269. The van der Waals surface area contributed by atoms with Crippen LogP contribution in [0.1, 0.15) is 36.1 Å². The van der Waals surface area contributed by atoms with E-state index in [1.54, 1.807) is 27.7 Å². The van der Waals surface area contributed by atoms with Gasteiger partial charge in [0.05, 0.1) is 11.2 Å². The van der Waals surface area contributed by atoms with Crippen LogP contribution in [0.5, 0.6) is 0 Å². The van der Waals surface area contributed by atoms with Crippen molar-refractivity contribution in [3.63, 3.8) is 0 Å². The van der Waals surface area contributed by atoms with Crippen molar-refractivity contribution >= 4 is 20.0 Å². The second kappa shape index (κ2) is 6.51. The lowest BCUT2D eigenvalue weighted by Gasteiger charge is -2.26. The van der Waals surface area contributed by atoms with Gasteiger partial charge in [0.1, 0.15) is 0 Å². The second-order valence-corrected chi connectivity index (χ2v) is 10.1. The van der Waals surface area contributed by atoms with E-state index in [9.17, 15) is 16.8 Å². The number of benzene rings is 1. The molecule has 0 amide bonds. The van der Waals surface area contributed by atoms with Crippen LogP contribution in [-0.4, -0.2) is 35.2 Å². The first-order valence-electron chi connectivity index (χ1n) is 7.22. The fourth-order valence-corrected chi connectivity index (χ4v) is 5.37. The maximum absolute atomic E-state index is 12.7. The molecule has 0 atom stereocenters. The van der Waals surface area contributed by atoms with Crippen LogP contribution >= 0.6 is 0 Å². The summed E-state index contributed by atoms with van der Waals surface area (Å²) >= 11 is 0. The molecule has 0 aromatic heterocycles. The molecule has 0 aliphatic rings. The van der Waals surface area contributed by atoms with Crippen molar-refractivity contribution in [1.82, 2.24) is 9.44 Å². The van der Waals surface area contributed by atoms with Gasteiger partial charge >= 0.3 is 0 Å². The predicted octanol–water partition coefficient (Wildman–Crippen LogP) is 1.53. The molecule has 23 heavy (non-hydrogen) atoms. The van der Waals surface area contributed by atoms with Gasteiger partial charge < -0.3 is 0 Å². The van der Waals surface area contributed by atoms with Crippen molar-refractivity contribution in [1.29, 1.82) is 0 Å². The molecule has 0 saturated heterocycles. The third-order valence-corrected chi connectivity index (χ3v) is 6.33. The summed E-state index contributed by atoms with van der Waals surface area (Å²) in [6.07, 6.45) is 1.04. The van der Waals surface area contributed by atoms with Gasteiger partial charge in [0.25, 0.3) is 0 Å². The number of hydrogen-bond donors (Lipinski definition) is 2. The van der Waals surface area contributed by atoms with E-state index >= 15 is 0 Å². The van der Waals surface area contributed by atoms with E-state index in [-0.39, 0.29) is 11.4 Å². The number of rotatable bonds is 6. The number of sulfonamides is 2. The summed E-state index contributed by atoms with van der Waals surface area (Å²) in [5.74, 6) is 0. The summed E-state index contributed by atoms with van der Waals surface area (Å²) in [7, 11) is -7.17. The van der Waals surface area contributed by atoms with Gasteiger partial charge in [-0.3, -0.25) is 0 Å². The Morgan fingerprint density at radius 2 is 1.39 bits per heavy atom. The molecule has 0 fully saturated rings. The molecule has 0 aliphatic carbocycles. The van der Waals surface area contributed by atoms with Gasteiger partial charge in [0.15, 0.2) is 0 Å².